The molecule has 0 unspecified atom stereocenters. The standard InChI is InChI=1S/C4H8N2O4S/c7-4(8)3-6-2-1-5-11(6,9)10/h5H,1-3H2,(H,7,8). The molecule has 1 rings (SSSR count). The van der Waals surface area contributed by atoms with E-state index in [-0.39, 0.29) is 13.1 Å². The monoisotopic (exact) mass is 180 g/mol. The molecule has 0 aliphatic carbocycles. The molecular weight excluding hydrogens is 172 g/mol. The molecular formula is C4H8N2O4S. The van der Waals surface area contributed by atoms with E-state index >= 15 is 0 Å². The summed E-state index contributed by atoms with van der Waals surface area (Å²) in [6.07, 6.45) is 0. The van der Waals surface area contributed by atoms with Gasteiger partial charge in [0.1, 0.15) is 6.54 Å². The molecule has 0 atom stereocenters. The van der Waals surface area contributed by atoms with Crippen LogP contribution in [-0.2, 0) is 15.0 Å². The molecule has 7 heteroatoms. The van der Waals surface area contributed by atoms with Gasteiger partial charge in [0, 0.05) is 13.1 Å². The van der Waals surface area contributed by atoms with Crippen molar-refractivity contribution in [3.8, 4) is 0 Å². The van der Waals surface area contributed by atoms with Gasteiger partial charge in [0.2, 0.25) is 0 Å². The molecule has 64 valence electrons. The molecule has 6 nitrogen and oxygen atoms in total. The van der Waals surface area contributed by atoms with Crippen LogP contribution in [0, 0.1) is 0 Å². The van der Waals surface area contributed by atoms with Crippen LogP contribution in [0.1, 0.15) is 0 Å². The molecule has 1 heterocycles. The highest BCUT2D eigenvalue weighted by Gasteiger charge is 2.28. The van der Waals surface area contributed by atoms with E-state index in [1.54, 1.807) is 0 Å². The Kier molecular flexibility index (Phi) is 2.12. The molecule has 0 bridgehead atoms. The lowest BCUT2D eigenvalue weighted by molar-refractivity contribution is -0.137. The molecule has 0 aromatic rings. The lowest BCUT2D eigenvalue weighted by Crippen LogP contribution is -2.33. The summed E-state index contributed by atoms with van der Waals surface area (Å²) in [5, 5.41) is 8.27. The first kappa shape index (κ1) is 8.44. The molecule has 0 aromatic heterocycles. The average molecular weight is 180 g/mol. The van der Waals surface area contributed by atoms with Gasteiger partial charge in [-0.1, -0.05) is 0 Å². The summed E-state index contributed by atoms with van der Waals surface area (Å²) in [7, 11) is -3.48. The van der Waals surface area contributed by atoms with Gasteiger partial charge in [0.05, 0.1) is 0 Å². The van der Waals surface area contributed by atoms with Crippen molar-refractivity contribution >= 4 is 16.2 Å². The lowest BCUT2D eigenvalue weighted by atomic mass is 10.6. The zero-order valence-corrected chi connectivity index (χ0v) is 6.47. The Bertz CT molecular complexity index is 259. The van der Waals surface area contributed by atoms with E-state index in [2.05, 4.69) is 4.72 Å². The highest BCUT2D eigenvalue weighted by atomic mass is 32.2. The second kappa shape index (κ2) is 2.76. The fraction of sp³-hybridized carbons (Fsp3) is 0.750. The first-order chi connectivity index (χ1) is 5.02. The largest absolute Gasteiger partial charge is 0.480 e. The third-order valence-corrected chi connectivity index (χ3v) is 2.86. The summed E-state index contributed by atoms with van der Waals surface area (Å²) in [5.41, 5.74) is 0. The average Bonchev–Trinajstić information content (AvgIpc) is 2.10. The second-order valence-electron chi connectivity index (χ2n) is 2.13. The molecule has 2 N–H and O–H groups in total. The predicted molar refractivity (Wildman–Crippen MR) is 36.1 cm³/mol. The molecule has 11 heavy (non-hydrogen) atoms. The van der Waals surface area contributed by atoms with Crippen LogP contribution in [0.5, 0.6) is 0 Å². The van der Waals surface area contributed by atoms with Crippen LogP contribution in [0.15, 0.2) is 0 Å². The molecule has 0 saturated carbocycles. The van der Waals surface area contributed by atoms with Gasteiger partial charge < -0.3 is 5.11 Å². The third kappa shape index (κ3) is 1.88. The van der Waals surface area contributed by atoms with Crippen LogP contribution in [-0.4, -0.2) is 43.4 Å². The van der Waals surface area contributed by atoms with Crippen molar-refractivity contribution in [3.63, 3.8) is 0 Å². The SMILES string of the molecule is O=C(O)CN1CCNS1(=O)=O. The third-order valence-electron chi connectivity index (χ3n) is 1.30. The molecule has 1 aliphatic rings. The minimum absolute atomic E-state index is 0.231. The van der Waals surface area contributed by atoms with Gasteiger partial charge in [-0.25, -0.2) is 4.72 Å². The van der Waals surface area contributed by atoms with Crippen molar-refractivity contribution in [2.45, 2.75) is 0 Å². The van der Waals surface area contributed by atoms with E-state index in [4.69, 9.17) is 5.11 Å². The van der Waals surface area contributed by atoms with E-state index < -0.39 is 22.7 Å². The fourth-order valence-corrected chi connectivity index (χ4v) is 1.97. The predicted octanol–water partition coefficient (Wildman–Crippen LogP) is -1.78. The zero-order chi connectivity index (χ0) is 8.48. The van der Waals surface area contributed by atoms with Crippen molar-refractivity contribution in [3.05, 3.63) is 0 Å². The molecule has 0 radical (unpaired) electrons. The van der Waals surface area contributed by atoms with Crippen molar-refractivity contribution in [2.24, 2.45) is 0 Å². The second-order valence-corrected chi connectivity index (χ2v) is 3.88. The number of hydrogen-bond donors (Lipinski definition) is 2. The van der Waals surface area contributed by atoms with Crippen molar-refractivity contribution in [1.29, 1.82) is 0 Å². The maximum atomic E-state index is 10.8. The molecule has 1 saturated heterocycles. The number of hydrogen-bond acceptors (Lipinski definition) is 3. The van der Waals surface area contributed by atoms with Crippen LogP contribution in [0.4, 0.5) is 0 Å². The van der Waals surface area contributed by atoms with E-state index in [1.807, 2.05) is 0 Å². The Morgan fingerprint density at radius 2 is 2.27 bits per heavy atom. The van der Waals surface area contributed by atoms with Crippen molar-refractivity contribution in [1.82, 2.24) is 9.03 Å². The van der Waals surface area contributed by atoms with Gasteiger partial charge in [-0.05, 0) is 0 Å². The summed E-state index contributed by atoms with van der Waals surface area (Å²) in [6, 6.07) is 0. The quantitative estimate of drug-likeness (QED) is 0.526. The minimum Gasteiger partial charge on any atom is -0.480 e. The van der Waals surface area contributed by atoms with Crippen molar-refractivity contribution < 1.29 is 18.3 Å². The lowest BCUT2D eigenvalue weighted by Gasteiger charge is -2.08. The Morgan fingerprint density at radius 3 is 2.64 bits per heavy atom. The van der Waals surface area contributed by atoms with E-state index in [1.165, 1.54) is 0 Å². The Labute approximate surface area is 64.0 Å². The van der Waals surface area contributed by atoms with E-state index in [0.29, 0.717) is 0 Å². The number of nitrogens with one attached hydrogen (secondary N) is 1. The van der Waals surface area contributed by atoms with Gasteiger partial charge in [-0.3, -0.25) is 4.79 Å². The first-order valence-electron chi connectivity index (χ1n) is 2.99. The number of carboxylic acids is 1. The molecule has 1 aliphatic heterocycles. The summed E-state index contributed by atoms with van der Waals surface area (Å²) in [4.78, 5) is 10.1. The van der Waals surface area contributed by atoms with Crippen LogP contribution in [0.2, 0.25) is 0 Å². The first-order valence-corrected chi connectivity index (χ1v) is 4.43. The molecule has 0 amide bonds. The minimum atomic E-state index is -3.48. The summed E-state index contributed by atoms with van der Waals surface area (Å²) in [6.45, 7) is 0.0551. The van der Waals surface area contributed by atoms with Gasteiger partial charge in [0.15, 0.2) is 0 Å². The summed E-state index contributed by atoms with van der Waals surface area (Å²) >= 11 is 0. The molecule has 0 aromatic carbocycles. The zero-order valence-electron chi connectivity index (χ0n) is 5.65. The maximum Gasteiger partial charge on any atom is 0.318 e. The number of rotatable bonds is 2. The number of aliphatic carboxylic acids is 1. The highest BCUT2D eigenvalue weighted by molar-refractivity contribution is 7.87. The van der Waals surface area contributed by atoms with E-state index in [0.717, 1.165) is 4.31 Å². The van der Waals surface area contributed by atoms with Gasteiger partial charge in [-0.2, -0.15) is 12.7 Å². The van der Waals surface area contributed by atoms with Crippen molar-refractivity contribution in [2.75, 3.05) is 19.6 Å². The summed E-state index contributed by atoms with van der Waals surface area (Å²) in [5.74, 6) is -1.14. The Balaban J connectivity index is 2.66. The highest BCUT2D eigenvalue weighted by Crippen LogP contribution is 2.02. The molecule has 0 spiro atoms. The Morgan fingerprint density at radius 1 is 1.64 bits per heavy atom. The topological polar surface area (TPSA) is 86.7 Å². The fourth-order valence-electron chi connectivity index (χ4n) is 0.826. The van der Waals surface area contributed by atoms with Gasteiger partial charge in [0.25, 0.3) is 10.2 Å². The van der Waals surface area contributed by atoms with Crippen LogP contribution in [0.25, 0.3) is 0 Å². The maximum absolute atomic E-state index is 10.8. The van der Waals surface area contributed by atoms with Crippen LogP contribution >= 0.6 is 0 Å². The molecule has 1 fully saturated rings. The van der Waals surface area contributed by atoms with Gasteiger partial charge >= 0.3 is 5.97 Å². The number of carboxylic acid groups (broad SMARTS) is 1. The Hall–Kier alpha value is -0.660. The van der Waals surface area contributed by atoms with E-state index in [9.17, 15) is 13.2 Å². The normalized spacial score (nSPS) is 23.6. The van der Waals surface area contributed by atoms with Gasteiger partial charge in [-0.15, -0.1) is 0 Å². The summed E-state index contributed by atoms with van der Waals surface area (Å²) < 4.78 is 24.8. The van der Waals surface area contributed by atoms with Crippen LogP contribution < -0.4 is 4.72 Å². The number of carbonyl (C=O) groups is 1. The number of nitrogens with zero attached hydrogens (tertiary/aromatic N) is 1. The smallest absolute Gasteiger partial charge is 0.318 e. The van der Waals surface area contributed by atoms with Crippen LogP contribution in [0.3, 0.4) is 0 Å².